The minimum absolute atomic E-state index is 0.502. The fourth-order valence-corrected chi connectivity index (χ4v) is 8.21. The van der Waals surface area contributed by atoms with Crippen molar-refractivity contribution in [3.8, 4) is 0 Å². The number of allylic oxidation sites excluding steroid dienone is 2. The molecule has 1 N–H and O–H groups in total. The van der Waals surface area contributed by atoms with Crippen molar-refractivity contribution in [2.45, 2.75) is 77.2 Å². The lowest BCUT2D eigenvalue weighted by Gasteiger charge is -2.56. The van der Waals surface area contributed by atoms with Gasteiger partial charge in [0, 0.05) is 0 Å². The first-order valence-electron chi connectivity index (χ1n) is 11.5. The molecule has 1 heteroatoms. The summed E-state index contributed by atoms with van der Waals surface area (Å²) in [5.74, 6) is 4.41. The smallest absolute Gasteiger partial charge is 0.0899 e. The molecule has 7 atom stereocenters. The summed E-state index contributed by atoms with van der Waals surface area (Å²) < 4.78 is 0. The van der Waals surface area contributed by atoms with Gasteiger partial charge in [0.25, 0.3) is 0 Å². The van der Waals surface area contributed by atoms with E-state index in [0.717, 1.165) is 48.0 Å². The minimum atomic E-state index is -0.579. The molecule has 5 rings (SSSR count). The molecule has 0 bridgehead atoms. The summed E-state index contributed by atoms with van der Waals surface area (Å²) in [6.07, 6.45) is 14.0. The van der Waals surface area contributed by atoms with Crippen molar-refractivity contribution in [1.29, 1.82) is 0 Å². The second kappa shape index (κ2) is 6.48. The van der Waals surface area contributed by atoms with Gasteiger partial charge in [-0.1, -0.05) is 48.9 Å². The molecule has 1 nitrogen and oxygen atoms in total. The molecule has 1 aromatic carbocycles. The fraction of sp³-hybridized carbons (Fsp3) is 0.692. The van der Waals surface area contributed by atoms with E-state index in [1.54, 1.807) is 5.57 Å². The van der Waals surface area contributed by atoms with Gasteiger partial charge in [0.15, 0.2) is 0 Å². The second-order valence-electron chi connectivity index (χ2n) is 10.4. The Morgan fingerprint density at radius 1 is 0.926 bits per heavy atom. The first-order valence-corrected chi connectivity index (χ1v) is 11.5. The maximum Gasteiger partial charge on any atom is 0.0899 e. The van der Waals surface area contributed by atoms with Crippen molar-refractivity contribution in [2.75, 3.05) is 0 Å². The lowest BCUT2D eigenvalue weighted by Crippen LogP contribution is -2.49. The van der Waals surface area contributed by atoms with Crippen LogP contribution in [0.4, 0.5) is 0 Å². The topological polar surface area (TPSA) is 20.2 Å². The van der Waals surface area contributed by atoms with E-state index in [-0.39, 0.29) is 0 Å². The van der Waals surface area contributed by atoms with Gasteiger partial charge in [0.1, 0.15) is 0 Å². The van der Waals surface area contributed by atoms with Crippen LogP contribution in [0, 0.1) is 35.0 Å². The van der Waals surface area contributed by atoms with Crippen molar-refractivity contribution >= 4 is 0 Å². The van der Waals surface area contributed by atoms with Crippen LogP contribution in [0.3, 0.4) is 0 Å². The van der Waals surface area contributed by atoms with Crippen molar-refractivity contribution in [3.63, 3.8) is 0 Å². The van der Waals surface area contributed by atoms with Crippen LogP contribution >= 0.6 is 0 Å². The quantitative estimate of drug-likeness (QED) is 0.566. The molecule has 4 aliphatic rings. The molecule has 0 unspecified atom stereocenters. The number of hydrogen-bond donors (Lipinski definition) is 1. The zero-order chi connectivity index (χ0) is 18.6. The van der Waals surface area contributed by atoms with Crippen LogP contribution in [0.1, 0.15) is 77.2 Å². The van der Waals surface area contributed by atoms with Crippen LogP contribution in [-0.4, -0.2) is 5.11 Å². The number of hydrogen-bond acceptors (Lipinski definition) is 1. The maximum atomic E-state index is 11.4. The maximum absolute atomic E-state index is 11.4. The van der Waals surface area contributed by atoms with Crippen LogP contribution in [-0.2, 0) is 5.60 Å². The van der Waals surface area contributed by atoms with Gasteiger partial charge in [-0.2, -0.15) is 0 Å². The van der Waals surface area contributed by atoms with Crippen molar-refractivity contribution in [3.05, 3.63) is 47.5 Å². The Balaban J connectivity index is 1.36. The normalized spacial score (nSPS) is 48.0. The number of fused-ring (bicyclic) bond motifs is 5. The van der Waals surface area contributed by atoms with Crippen molar-refractivity contribution < 1.29 is 5.11 Å². The van der Waals surface area contributed by atoms with Crippen LogP contribution < -0.4 is 0 Å². The average molecular weight is 365 g/mol. The van der Waals surface area contributed by atoms with E-state index in [0.29, 0.717) is 5.41 Å². The Hall–Kier alpha value is -1.08. The molecule has 0 saturated heterocycles. The predicted octanol–water partition coefficient (Wildman–Crippen LogP) is 6.47. The highest BCUT2D eigenvalue weighted by molar-refractivity contribution is 5.25. The Morgan fingerprint density at radius 3 is 2.48 bits per heavy atom. The highest BCUT2D eigenvalue weighted by atomic mass is 16.3. The molecule has 0 aliphatic heterocycles. The standard InChI is InChI=1S/C26H36O/c1-3-19-10-12-24-23-11-9-18-17-26(27,20-7-5-4-6-8-20)16-14-21(18)22(23)13-15-25(19,24)2/h3-8,18,21-24,27H,9-17H2,1-2H3/b19-3-/t18-,21+,22-,23-,24+,25-,26-/m1/s1. The summed E-state index contributed by atoms with van der Waals surface area (Å²) in [7, 11) is 0. The molecule has 4 aliphatic carbocycles. The van der Waals surface area contributed by atoms with E-state index in [4.69, 9.17) is 0 Å². The van der Waals surface area contributed by atoms with Gasteiger partial charge >= 0.3 is 0 Å². The molecule has 1 aromatic rings. The zero-order valence-corrected chi connectivity index (χ0v) is 17.2. The van der Waals surface area contributed by atoms with Gasteiger partial charge in [-0.05, 0) is 105 Å². The van der Waals surface area contributed by atoms with E-state index in [2.05, 4.69) is 50.3 Å². The summed E-state index contributed by atoms with van der Waals surface area (Å²) >= 11 is 0. The molecular weight excluding hydrogens is 328 g/mol. The van der Waals surface area contributed by atoms with Crippen LogP contribution in [0.5, 0.6) is 0 Å². The van der Waals surface area contributed by atoms with E-state index in [1.165, 1.54) is 44.9 Å². The Labute approximate surface area is 165 Å². The lowest BCUT2D eigenvalue weighted by atomic mass is 9.49. The highest BCUT2D eigenvalue weighted by Gasteiger charge is 2.56. The summed E-state index contributed by atoms with van der Waals surface area (Å²) in [4.78, 5) is 0. The molecular formula is C26H36O. The fourth-order valence-electron chi connectivity index (χ4n) is 8.21. The predicted molar refractivity (Wildman–Crippen MR) is 111 cm³/mol. The molecule has 4 saturated carbocycles. The summed E-state index contributed by atoms with van der Waals surface area (Å²) in [6, 6.07) is 10.5. The SMILES string of the molecule is C/C=C1/CC[C@H]2[C@@H]3CC[C@@H]4C[C@@](O)(c5ccccc5)CC[C@@H]4[C@H]3CC[C@]12C. The Bertz CT molecular complexity index is 721. The average Bonchev–Trinajstić information content (AvgIpc) is 3.04. The highest BCUT2D eigenvalue weighted by Crippen LogP contribution is 2.64. The Kier molecular flexibility index (Phi) is 4.31. The summed E-state index contributed by atoms with van der Waals surface area (Å²) in [5.41, 5.74) is 2.83. The number of aliphatic hydroxyl groups is 1. The van der Waals surface area contributed by atoms with Crippen molar-refractivity contribution in [1.82, 2.24) is 0 Å². The molecule has 4 fully saturated rings. The van der Waals surface area contributed by atoms with Crippen LogP contribution in [0.2, 0.25) is 0 Å². The summed E-state index contributed by atoms with van der Waals surface area (Å²) in [6.45, 7) is 4.84. The molecule has 0 radical (unpaired) electrons. The first kappa shape index (κ1) is 18.0. The molecule has 146 valence electrons. The Morgan fingerprint density at radius 2 is 1.70 bits per heavy atom. The third-order valence-corrected chi connectivity index (χ3v) is 9.52. The molecule has 0 amide bonds. The second-order valence-corrected chi connectivity index (χ2v) is 10.4. The van der Waals surface area contributed by atoms with Gasteiger partial charge < -0.3 is 5.11 Å². The van der Waals surface area contributed by atoms with Gasteiger partial charge in [0.05, 0.1) is 5.60 Å². The molecule has 0 spiro atoms. The van der Waals surface area contributed by atoms with E-state index >= 15 is 0 Å². The third kappa shape index (κ3) is 2.68. The van der Waals surface area contributed by atoms with E-state index < -0.39 is 5.60 Å². The van der Waals surface area contributed by atoms with E-state index in [1.807, 2.05) is 0 Å². The molecule has 0 heterocycles. The van der Waals surface area contributed by atoms with Gasteiger partial charge in [-0.3, -0.25) is 0 Å². The summed E-state index contributed by atoms with van der Waals surface area (Å²) in [5, 5.41) is 11.4. The van der Waals surface area contributed by atoms with Crippen LogP contribution in [0.25, 0.3) is 0 Å². The monoisotopic (exact) mass is 364 g/mol. The number of benzene rings is 1. The third-order valence-electron chi connectivity index (χ3n) is 9.52. The van der Waals surface area contributed by atoms with Gasteiger partial charge in [-0.25, -0.2) is 0 Å². The van der Waals surface area contributed by atoms with Gasteiger partial charge in [0.2, 0.25) is 0 Å². The van der Waals surface area contributed by atoms with E-state index in [9.17, 15) is 5.11 Å². The molecule has 0 aromatic heterocycles. The molecule has 27 heavy (non-hydrogen) atoms. The van der Waals surface area contributed by atoms with Gasteiger partial charge in [-0.15, -0.1) is 0 Å². The first-order chi connectivity index (χ1) is 13.0. The minimum Gasteiger partial charge on any atom is -0.385 e. The number of rotatable bonds is 1. The van der Waals surface area contributed by atoms with Crippen molar-refractivity contribution in [2.24, 2.45) is 35.0 Å². The zero-order valence-electron chi connectivity index (χ0n) is 17.2. The largest absolute Gasteiger partial charge is 0.385 e. The lowest BCUT2D eigenvalue weighted by molar-refractivity contribution is -0.100. The van der Waals surface area contributed by atoms with Crippen LogP contribution in [0.15, 0.2) is 42.0 Å².